The summed E-state index contributed by atoms with van der Waals surface area (Å²) >= 11 is 5.24. The van der Waals surface area contributed by atoms with Crippen molar-refractivity contribution in [3.05, 3.63) is 28.6 Å². The van der Waals surface area contributed by atoms with Crippen molar-refractivity contribution in [2.24, 2.45) is 0 Å². The maximum absolute atomic E-state index is 12.6. The van der Waals surface area contributed by atoms with E-state index in [4.69, 9.17) is 16.9 Å². The van der Waals surface area contributed by atoms with E-state index in [1.807, 2.05) is 0 Å². The Kier molecular flexibility index (Phi) is 3.88. The minimum Gasteiger partial charge on any atom is -0.245 e. The van der Waals surface area contributed by atoms with Gasteiger partial charge in [-0.2, -0.15) is 18.4 Å². The molecule has 0 aliphatic heterocycles. The Morgan fingerprint density at radius 3 is 2.35 bits per heavy atom. The van der Waals surface area contributed by atoms with E-state index in [9.17, 15) is 22.0 Å². The van der Waals surface area contributed by atoms with E-state index >= 15 is 0 Å². The van der Waals surface area contributed by atoms with E-state index in [-0.39, 0.29) is 0 Å². The molecule has 0 bridgehead atoms. The van der Waals surface area contributed by atoms with Crippen LogP contribution in [-0.4, -0.2) is 4.98 Å². The fourth-order valence-electron chi connectivity index (χ4n) is 1.31. The summed E-state index contributed by atoms with van der Waals surface area (Å²) < 4.78 is 63.1. The Bertz CT molecular complexity index is 464. The molecule has 2 nitrogen and oxygen atoms in total. The molecule has 0 saturated heterocycles. The molecule has 17 heavy (non-hydrogen) atoms. The van der Waals surface area contributed by atoms with Crippen LogP contribution in [-0.2, 0) is 12.1 Å². The van der Waals surface area contributed by atoms with E-state index in [0.717, 1.165) is 0 Å². The zero-order chi connectivity index (χ0) is 13.2. The molecule has 1 aromatic rings. The predicted molar refractivity (Wildman–Crippen MR) is 48.5 cm³/mol. The zero-order valence-corrected chi connectivity index (χ0v) is 8.78. The van der Waals surface area contributed by atoms with Crippen molar-refractivity contribution >= 4 is 11.6 Å². The molecule has 1 aromatic heterocycles. The molecule has 0 aliphatic carbocycles. The Labute approximate surface area is 97.6 Å². The molecule has 0 aliphatic rings. The first-order valence-corrected chi connectivity index (χ1v) is 4.69. The third-order valence-electron chi connectivity index (χ3n) is 1.95. The van der Waals surface area contributed by atoms with Crippen LogP contribution in [0.2, 0.25) is 0 Å². The zero-order valence-electron chi connectivity index (χ0n) is 8.02. The monoisotopic (exact) mass is 270 g/mol. The van der Waals surface area contributed by atoms with Gasteiger partial charge in [0.05, 0.1) is 11.1 Å². The van der Waals surface area contributed by atoms with Crippen LogP contribution in [0.4, 0.5) is 22.0 Å². The number of halogens is 6. The van der Waals surface area contributed by atoms with Crippen molar-refractivity contribution in [1.82, 2.24) is 4.98 Å². The topological polar surface area (TPSA) is 36.7 Å². The Morgan fingerprint density at radius 2 is 2.00 bits per heavy atom. The highest BCUT2D eigenvalue weighted by Crippen LogP contribution is 2.39. The number of nitriles is 1. The predicted octanol–water partition coefficient (Wildman–Crippen LogP) is 3.65. The van der Waals surface area contributed by atoms with Gasteiger partial charge in [0.15, 0.2) is 0 Å². The molecular formula is C9H4ClF5N2. The van der Waals surface area contributed by atoms with Crippen molar-refractivity contribution < 1.29 is 22.0 Å². The van der Waals surface area contributed by atoms with Crippen LogP contribution in [0.1, 0.15) is 28.8 Å². The van der Waals surface area contributed by atoms with Gasteiger partial charge in [0.1, 0.15) is 11.8 Å². The van der Waals surface area contributed by atoms with Crippen molar-refractivity contribution in [2.75, 3.05) is 0 Å². The maximum Gasteiger partial charge on any atom is 0.417 e. The number of nitrogens with zero attached hydrogens (tertiary/aromatic N) is 2. The number of pyridine rings is 1. The average molecular weight is 271 g/mol. The first-order chi connectivity index (χ1) is 7.82. The van der Waals surface area contributed by atoms with Crippen molar-refractivity contribution in [1.29, 1.82) is 5.26 Å². The van der Waals surface area contributed by atoms with E-state index in [1.54, 1.807) is 0 Å². The molecule has 0 radical (unpaired) electrons. The van der Waals surface area contributed by atoms with Gasteiger partial charge in [-0.15, -0.1) is 11.6 Å². The van der Waals surface area contributed by atoms with E-state index < -0.39 is 40.9 Å². The number of rotatable bonds is 2. The molecule has 0 atom stereocenters. The van der Waals surface area contributed by atoms with Crippen molar-refractivity contribution in [3.63, 3.8) is 0 Å². The highest BCUT2D eigenvalue weighted by molar-refractivity contribution is 6.17. The molecule has 0 unspecified atom stereocenters. The second-order valence-corrected chi connectivity index (χ2v) is 3.23. The molecule has 0 aromatic carbocycles. The van der Waals surface area contributed by atoms with Gasteiger partial charge < -0.3 is 0 Å². The second-order valence-electron chi connectivity index (χ2n) is 2.96. The summed E-state index contributed by atoms with van der Waals surface area (Å²) in [6.45, 7) is 0. The normalized spacial score (nSPS) is 11.6. The smallest absolute Gasteiger partial charge is 0.245 e. The Hall–Kier alpha value is -1.42. The highest BCUT2D eigenvalue weighted by Gasteiger charge is 2.40. The van der Waals surface area contributed by atoms with Crippen LogP contribution in [0.25, 0.3) is 0 Å². The molecule has 0 spiro atoms. The molecular weight excluding hydrogens is 267 g/mol. The van der Waals surface area contributed by atoms with Crippen LogP contribution >= 0.6 is 11.6 Å². The van der Waals surface area contributed by atoms with Crippen LogP contribution in [0.15, 0.2) is 6.20 Å². The molecule has 92 valence electrons. The number of alkyl halides is 6. The summed E-state index contributed by atoms with van der Waals surface area (Å²) in [7, 11) is 0. The van der Waals surface area contributed by atoms with Gasteiger partial charge in [0, 0.05) is 12.1 Å². The van der Waals surface area contributed by atoms with Gasteiger partial charge in [-0.25, -0.2) is 13.8 Å². The van der Waals surface area contributed by atoms with Crippen molar-refractivity contribution in [2.45, 2.75) is 18.5 Å². The first-order valence-electron chi connectivity index (χ1n) is 4.16. The Morgan fingerprint density at radius 1 is 1.41 bits per heavy atom. The van der Waals surface area contributed by atoms with Gasteiger partial charge >= 0.3 is 6.18 Å². The molecule has 1 rings (SSSR count). The lowest BCUT2D eigenvalue weighted by molar-refractivity contribution is -0.140. The maximum atomic E-state index is 12.6. The summed E-state index contributed by atoms with van der Waals surface area (Å²) in [6, 6.07) is 1.21. The third-order valence-corrected chi connectivity index (χ3v) is 2.23. The van der Waals surface area contributed by atoms with E-state index in [2.05, 4.69) is 4.98 Å². The summed E-state index contributed by atoms with van der Waals surface area (Å²) in [5.41, 5.74) is -4.51. The molecule has 8 heteroatoms. The van der Waals surface area contributed by atoms with Crippen LogP contribution in [0.3, 0.4) is 0 Å². The summed E-state index contributed by atoms with van der Waals surface area (Å²) in [5.74, 6) is -0.618. The number of hydrogen-bond acceptors (Lipinski definition) is 2. The summed E-state index contributed by atoms with van der Waals surface area (Å²) in [4.78, 5) is 3.24. The van der Waals surface area contributed by atoms with E-state index in [1.165, 1.54) is 6.07 Å². The Balaban J connectivity index is 3.67. The lowest BCUT2D eigenvalue weighted by Gasteiger charge is -2.16. The van der Waals surface area contributed by atoms with Crippen molar-refractivity contribution in [3.8, 4) is 6.07 Å². The lowest BCUT2D eigenvalue weighted by atomic mass is 10.0. The molecule has 1 heterocycles. The largest absolute Gasteiger partial charge is 0.417 e. The van der Waals surface area contributed by atoms with Gasteiger partial charge in [0.25, 0.3) is 6.43 Å². The quantitative estimate of drug-likeness (QED) is 0.607. The summed E-state index contributed by atoms with van der Waals surface area (Å²) in [5, 5.41) is 8.47. The minimum absolute atomic E-state index is 0.575. The van der Waals surface area contributed by atoms with Gasteiger partial charge in [-0.3, -0.25) is 0 Å². The molecule has 0 amide bonds. The minimum atomic E-state index is -5.01. The third kappa shape index (κ3) is 2.64. The van der Waals surface area contributed by atoms with Crippen LogP contribution in [0, 0.1) is 11.3 Å². The van der Waals surface area contributed by atoms with E-state index in [0.29, 0.717) is 6.20 Å². The second kappa shape index (κ2) is 4.84. The fraction of sp³-hybridized carbons (Fsp3) is 0.333. The number of hydrogen-bond donors (Lipinski definition) is 0. The lowest BCUT2D eigenvalue weighted by Crippen LogP contribution is -2.15. The molecule has 0 fully saturated rings. The van der Waals surface area contributed by atoms with Crippen LogP contribution in [0.5, 0.6) is 0 Å². The average Bonchev–Trinajstić information content (AvgIpc) is 2.25. The van der Waals surface area contributed by atoms with Gasteiger partial charge in [-0.1, -0.05) is 0 Å². The van der Waals surface area contributed by atoms with Gasteiger partial charge in [0.2, 0.25) is 0 Å². The first kappa shape index (κ1) is 13.6. The number of aromatic nitrogens is 1. The standard InChI is InChI=1S/C9H4ClF5N2/c10-1-4-3-17-5(2-16)6(8(11)12)7(4)9(13,14)15/h3,8H,1H2. The molecule has 0 saturated carbocycles. The fourth-order valence-corrected chi connectivity index (χ4v) is 1.51. The molecule has 0 N–H and O–H groups in total. The SMILES string of the molecule is N#Cc1ncc(CCl)c(C(F)(F)F)c1C(F)F. The highest BCUT2D eigenvalue weighted by atomic mass is 35.5. The van der Waals surface area contributed by atoms with Crippen LogP contribution < -0.4 is 0 Å². The van der Waals surface area contributed by atoms with Gasteiger partial charge in [-0.05, 0) is 5.56 Å². The summed E-state index contributed by atoms with van der Waals surface area (Å²) in [6.07, 6.45) is -7.78.